The van der Waals surface area contributed by atoms with E-state index in [-0.39, 0.29) is 0 Å². The van der Waals surface area contributed by atoms with Crippen LogP contribution in [0.3, 0.4) is 0 Å². The van der Waals surface area contributed by atoms with E-state index in [9.17, 15) is 10.2 Å². The number of rotatable bonds is 2. The quantitative estimate of drug-likeness (QED) is 0.522. The van der Waals surface area contributed by atoms with Gasteiger partial charge in [0, 0.05) is 6.42 Å². The zero-order valence-corrected chi connectivity index (χ0v) is 8.92. The summed E-state index contributed by atoms with van der Waals surface area (Å²) < 4.78 is 0. The lowest BCUT2D eigenvalue weighted by Crippen LogP contribution is -2.43. The third-order valence-corrected chi connectivity index (χ3v) is 2.80. The molecule has 80 valence electrons. The van der Waals surface area contributed by atoms with E-state index < -0.39 is 11.7 Å². The molecular formula is C12H20O2. The van der Waals surface area contributed by atoms with Gasteiger partial charge >= 0.3 is 0 Å². The predicted octanol–water partition coefficient (Wildman–Crippen LogP) is 1.85. The summed E-state index contributed by atoms with van der Waals surface area (Å²) in [6.45, 7) is 2.12. The lowest BCUT2D eigenvalue weighted by Gasteiger charge is -2.32. The van der Waals surface area contributed by atoms with Gasteiger partial charge in [0.25, 0.3) is 0 Å². The fourth-order valence-electron chi connectivity index (χ4n) is 1.76. The van der Waals surface area contributed by atoms with Gasteiger partial charge in [0.05, 0.1) is 6.10 Å². The molecule has 0 radical (unpaired) electrons. The van der Waals surface area contributed by atoms with Crippen LogP contribution in [0.2, 0.25) is 0 Å². The van der Waals surface area contributed by atoms with Crippen molar-refractivity contribution in [3.63, 3.8) is 0 Å². The second-order valence-corrected chi connectivity index (χ2v) is 4.09. The molecule has 0 bridgehead atoms. The molecule has 14 heavy (non-hydrogen) atoms. The minimum Gasteiger partial charge on any atom is -0.389 e. The predicted molar refractivity (Wildman–Crippen MR) is 56.7 cm³/mol. The van der Waals surface area contributed by atoms with Crippen LogP contribution in [0.15, 0.2) is 0 Å². The van der Waals surface area contributed by atoms with E-state index in [1.807, 2.05) is 0 Å². The Bertz CT molecular complexity index is 226. The zero-order valence-electron chi connectivity index (χ0n) is 8.92. The van der Waals surface area contributed by atoms with Crippen LogP contribution in [0.25, 0.3) is 0 Å². The van der Waals surface area contributed by atoms with E-state index in [2.05, 4.69) is 18.8 Å². The van der Waals surface area contributed by atoms with E-state index in [0.717, 1.165) is 32.1 Å². The van der Waals surface area contributed by atoms with Crippen molar-refractivity contribution >= 4 is 0 Å². The minimum atomic E-state index is -1.12. The molecular weight excluding hydrogens is 176 g/mol. The molecule has 1 aliphatic rings. The van der Waals surface area contributed by atoms with E-state index >= 15 is 0 Å². The normalized spacial score (nSPS) is 32.1. The van der Waals surface area contributed by atoms with Crippen molar-refractivity contribution in [1.82, 2.24) is 0 Å². The number of hydrogen-bond acceptors (Lipinski definition) is 2. The second-order valence-electron chi connectivity index (χ2n) is 4.09. The molecule has 2 atom stereocenters. The Labute approximate surface area is 86.3 Å². The van der Waals surface area contributed by atoms with Crippen LogP contribution in [-0.4, -0.2) is 21.9 Å². The summed E-state index contributed by atoms with van der Waals surface area (Å²) in [6.07, 6.45) is 5.63. The van der Waals surface area contributed by atoms with Crippen molar-refractivity contribution in [1.29, 1.82) is 0 Å². The van der Waals surface area contributed by atoms with Crippen LogP contribution in [0.5, 0.6) is 0 Å². The van der Waals surface area contributed by atoms with Gasteiger partial charge < -0.3 is 10.2 Å². The van der Waals surface area contributed by atoms with Crippen molar-refractivity contribution in [2.45, 2.75) is 63.6 Å². The fourth-order valence-corrected chi connectivity index (χ4v) is 1.76. The number of unbranched alkanes of at least 4 members (excludes halogenated alkanes) is 2. The van der Waals surface area contributed by atoms with Crippen LogP contribution in [-0.2, 0) is 0 Å². The molecule has 1 saturated carbocycles. The summed E-state index contributed by atoms with van der Waals surface area (Å²) in [6, 6.07) is 0. The summed E-state index contributed by atoms with van der Waals surface area (Å²) in [4.78, 5) is 0. The Kier molecular flexibility index (Phi) is 4.44. The third-order valence-electron chi connectivity index (χ3n) is 2.80. The van der Waals surface area contributed by atoms with Crippen LogP contribution in [0.4, 0.5) is 0 Å². The number of aliphatic hydroxyl groups excluding tert-OH is 1. The maximum atomic E-state index is 10.0. The van der Waals surface area contributed by atoms with Crippen LogP contribution < -0.4 is 0 Å². The van der Waals surface area contributed by atoms with Gasteiger partial charge in [-0.3, -0.25) is 0 Å². The maximum Gasteiger partial charge on any atom is 0.151 e. The monoisotopic (exact) mass is 196 g/mol. The highest BCUT2D eigenvalue weighted by Crippen LogP contribution is 2.27. The van der Waals surface area contributed by atoms with E-state index in [1.54, 1.807) is 0 Å². The molecule has 2 N–H and O–H groups in total. The summed E-state index contributed by atoms with van der Waals surface area (Å²) >= 11 is 0. The SMILES string of the molecule is CCCCC#CC1(O)CCCCC1O. The second kappa shape index (κ2) is 5.38. The van der Waals surface area contributed by atoms with Gasteiger partial charge in [0.2, 0.25) is 0 Å². The minimum absolute atomic E-state index is 0.618. The topological polar surface area (TPSA) is 40.5 Å². The molecule has 0 heterocycles. The standard InChI is InChI=1S/C12H20O2/c1-2-3-4-6-9-12(14)10-7-5-8-11(12)13/h11,13-14H,2-5,7-8,10H2,1H3. The van der Waals surface area contributed by atoms with E-state index in [1.165, 1.54) is 0 Å². The maximum absolute atomic E-state index is 10.0. The molecule has 1 fully saturated rings. The van der Waals surface area contributed by atoms with Gasteiger partial charge in [-0.25, -0.2) is 0 Å². The van der Waals surface area contributed by atoms with E-state index in [4.69, 9.17) is 0 Å². The third kappa shape index (κ3) is 3.01. The largest absolute Gasteiger partial charge is 0.389 e. The molecule has 0 amide bonds. The van der Waals surface area contributed by atoms with Crippen LogP contribution in [0, 0.1) is 11.8 Å². The molecule has 1 aliphatic carbocycles. The molecule has 2 heteroatoms. The molecule has 0 aromatic heterocycles. The van der Waals surface area contributed by atoms with Crippen LogP contribution in [0.1, 0.15) is 51.9 Å². The molecule has 1 rings (SSSR count). The Morgan fingerprint density at radius 1 is 1.43 bits per heavy atom. The Hall–Kier alpha value is -0.520. The van der Waals surface area contributed by atoms with Gasteiger partial charge in [-0.1, -0.05) is 25.7 Å². The van der Waals surface area contributed by atoms with Crippen molar-refractivity contribution < 1.29 is 10.2 Å². The highest BCUT2D eigenvalue weighted by molar-refractivity contribution is 5.17. The molecule has 2 nitrogen and oxygen atoms in total. The van der Waals surface area contributed by atoms with Gasteiger partial charge in [-0.15, -0.1) is 5.92 Å². The summed E-state index contributed by atoms with van der Waals surface area (Å²) in [7, 11) is 0. The average Bonchev–Trinajstić information content (AvgIpc) is 2.18. The first-order chi connectivity index (χ1) is 6.69. The summed E-state index contributed by atoms with van der Waals surface area (Å²) in [5.74, 6) is 5.81. The van der Waals surface area contributed by atoms with E-state index in [0.29, 0.717) is 12.8 Å². The van der Waals surface area contributed by atoms with Crippen molar-refractivity contribution in [3.05, 3.63) is 0 Å². The first-order valence-electron chi connectivity index (χ1n) is 5.59. The van der Waals surface area contributed by atoms with Gasteiger partial charge in [0.15, 0.2) is 5.60 Å². The summed E-state index contributed by atoms with van der Waals surface area (Å²) in [5, 5.41) is 19.6. The summed E-state index contributed by atoms with van der Waals surface area (Å²) in [5.41, 5.74) is -1.12. The van der Waals surface area contributed by atoms with Crippen molar-refractivity contribution in [3.8, 4) is 11.8 Å². The highest BCUT2D eigenvalue weighted by Gasteiger charge is 2.35. The lowest BCUT2D eigenvalue weighted by atomic mass is 9.82. The number of aliphatic hydroxyl groups is 2. The van der Waals surface area contributed by atoms with Crippen molar-refractivity contribution in [2.24, 2.45) is 0 Å². The molecule has 0 aliphatic heterocycles. The molecule has 0 aromatic rings. The fraction of sp³-hybridized carbons (Fsp3) is 0.833. The number of hydrogen-bond donors (Lipinski definition) is 2. The smallest absolute Gasteiger partial charge is 0.151 e. The highest BCUT2D eigenvalue weighted by atomic mass is 16.3. The van der Waals surface area contributed by atoms with Crippen molar-refractivity contribution in [2.75, 3.05) is 0 Å². The van der Waals surface area contributed by atoms with Gasteiger partial charge in [-0.2, -0.15) is 0 Å². The Morgan fingerprint density at radius 2 is 2.21 bits per heavy atom. The Balaban J connectivity index is 2.48. The van der Waals surface area contributed by atoms with Gasteiger partial charge in [-0.05, 0) is 25.7 Å². The Morgan fingerprint density at radius 3 is 2.86 bits per heavy atom. The molecule has 0 saturated heterocycles. The van der Waals surface area contributed by atoms with Crippen LogP contribution >= 0.6 is 0 Å². The lowest BCUT2D eigenvalue weighted by molar-refractivity contribution is -0.0585. The van der Waals surface area contributed by atoms with Gasteiger partial charge in [0.1, 0.15) is 0 Å². The molecule has 0 aromatic carbocycles. The first kappa shape index (κ1) is 11.6. The molecule has 2 unspecified atom stereocenters. The zero-order chi connectivity index (χ0) is 10.4. The first-order valence-corrected chi connectivity index (χ1v) is 5.59. The average molecular weight is 196 g/mol. The molecule has 0 spiro atoms.